The lowest BCUT2D eigenvalue weighted by Gasteiger charge is -2.24. The van der Waals surface area contributed by atoms with Gasteiger partial charge in [0, 0.05) is 12.6 Å². The van der Waals surface area contributed by atoms with Gasteiger partial charge in [-0.2, -0.15) is 0 Å². The van der Waals surface area contributed by atoms with Gasteiger partial charge in [-0.05, 0) is 26.4 Å². The van der Waals surface area contributed by atoms with Gasteiger partial charge in [-0.1, -0.05) is 20.8 Å². The summed E-state index contributed by atoms with van der Waals surface area (Å²) in [4.78, 5) is 24.5. The number of hydrogen-bond donors (Lipinski definition) is 3. The standard InChI is InChI=1S/C12H25N3O3/c1-5-10(11(16)17)14-12(18)13-9(4)8-15(6-2)7-3/h9-10H,5-8H2,1-4H3,(H,16,17)(H2,13,14,18)/t9?,10-/m0/s1. The van der Waals surface area contributed by atoms with Crippen LogP contribution in [0.25, 0.3) is 0 Å². The van der Waals surface area contributed by atoms with Crippen LogP contribution in [-0.4, -0.2) is 53.7 Å². The summed E-state index contributed by atoms with van der Waals surface area (Å²) in [7, 11) is 0. The number of carbonyl (C=O) groups excluding carboxylic acids is 1. The Kier molecular flexibility index (Phi) is 8.11. The number of likely N-dealkylation sites (N-methyl/N-ethyl adjacent to an activating group) is 1. The molecule has 0 spiro atoms. The predicted octanol–water partition coefficient (Wildman–Crippen LogP) is 0.879. The Balaban J connectivity index is 4.10. The highest BCUT2D eigenvalue weighted by Gasteiger charge is 2.18. The summed E-state index contributed by atoms with van der Waals surface area (Å²) in [6.45, 7) is 10.4. The van der Waals surface area contributed by atoms with E-state index in [4.69, 9.17) is 5.11 Å². The Hall–Kier alpha value is -1.30. The molecule has 0 aliphatic carbocycles. The number of nitrogens with one attached hydrogen (secondary N) is 2. The zero-order chi connectivity index (χ0) is 14.1. The number of aliphatic carboxylic acids is 1. The Labute approximate surface area is 109 Å². The van der Waals surface area contributed by atoms with E-state index in [2.05, 4.69) is 29.4 Å². The first-order chi connectivity index (χ1) is 8.44. The maximum atomic E-state index is 11.6. The molecule has 106 valence electrons. The van der Waals surface area contributed by atoms with Crippen molar-refractivity contribution in [3.8, 4) is 0 Å². The average Bonchev–Trinajstić information content (AvgIpc) is 2.32. The lowest BCUT2D eigenvalue weighted by Crippen LogP contribution is -2.50. The second kappa shape index (κ2) is 8.74. The molecular weight excluding hydrogens is 234 g/mol. The van der Waals surface area contributed by atoms with Crippen molar-refractivity contribution in [3.63, 3.8) is 0 Å². The van der Waals surface area contributed by atoms with Crippen LogP contribution in [0, 0.1) is 0 Å². The summed E-state index contributed by atoms with van der Waals surface area (Å²) in [5.74, 6) is -1.01. The molecule has 18 heavy (non-hydrogen) atoms. The monoisotopic (exact) mass is 259 g/mol. The Morgan fingerprint density at radius 3 is 2.11 bits per heavy atom. The summed E-state index contributed by atoms with van der Waals surface area (Å²) in [5.41, 5.74) is 0. The molecule has 2 atom stereocenters. The number of carboxylic acids is 1. The molecule has 6 nitrogen and oxygen atoms in total. The van der Waals surface area contributed by atoms with Crippen LogP contribution in [-0.2, 0) is 4.79 Å². The highest BCUT2D eigenvalue weighted by Crippen LogP contribution is 1.94. The molecule has 0 saturated heterocycles. The summed E-state index contributed by atoms with van der Waals surface area (Å²) >= 11 is 0. The highest BCUT2D eigenvalue weighted by molar-refractivity contribution is 5.82. The third-order valence-electron chi connectivity index (χ3n) is 2.82. The van der Waals surface area contributed by atoms with Crippen LogP contribution in [0.3, 0.4) is 0 Å². The van der Waals surface area contributed by atoms with E-state index in [1.165, 1.54) is 0 Å². The number of urea groups is 1. The van der Waals surface area contributed by atoms with E-state index in [0.717, 1.165) is 19.6 Å². The van der Waals surface area contributed by atoms with E-state index < -0.39 is 18.0 Å². The minimum atomic E-state index is -1.01. The van der Waals surface area contributed by atoms with Crippen LogP contribution in [0.5, 0.6) is 0 Å². The fraction of sp³-hybridized carbons (Fsp3) is 0.833. The summed E-state index contributed by atoms with van der Waals surface area (Å²) in [6.07, 6.45) is 0.368. The first-order valence-electron chi connectivity index (χ1n) is 6.46. The van der Waals surface area contributed by atoms with E-state index in [1.807, 2.05) is 6.92 Å². The van der Waals surface area contributed by atoms with Crippen molar-refractivity contribution in [2.45, 2.75) is 46.2 Å². The molecule has 0 aliphatic rings. The normalized spacial score (nSPS) is 14.1. The third-order valence-corrected chi connectivity index (χ3v) is 2.82. The maximum Gasteiger partial charge on any atom is 0.326 e. The van der Waals surface area contributed by atoms with Crippen molar-refractivity contribution in [2.24, 2.45) is 0 Å². The summed E-state index contributed by atoms with van der Waals surface area (Å²) in [6, 6.07) is -1.27. The van der Waals surface area contributed by atoms with Gasteiger partial charge >= 0.3 is 12.0 Å². The van der Waals surface area contributed by atoms with Crippen molar-refractivity contribution in [1.29, 1.82) is 0 Å². The van der Waals surface area contributed by atoms with Gasteiger partial charge in [0.25, 0.3) is 0 Å². The minimum Gasteiger partial charge on any atom is -0.480 e. The smallest absolute Gasteiger partial charge is 0.326 e. The maximum absolute atomic E-state index is 11.6. The molecule has 0 aliphatic heterocycles. The second-order valence-electron chi connectivity index (χ2n) is 4.30. The van der Waals surface area contributed by atoms with Crippen molar-refractivity contribution in [2.75, 3.05) is 19.6 Å². The topological polar surface area (TPSA) is 81.7 Å². The van der Waals surface area contributed by atoms with Gasteiger partial charge in [0.15, 0.2) is 0 Å². The Morgan fingerprint density at radius 1 is 1.17 bits per heavy atom. The first-order valence-corrected chi connectivity index (χ1v) is 6.46. The number of carboxylic acid groups (broad SMARTS) is 1. The second-order valence-corrected chi connectivity index (χ2v) is 4.30. The van der Waals surface area contributed by atoms with Crippen LogP contribution in [0.2, 0.25) is 0 Å². The largest absolute Gasteiger partial charge is 0.480 e. The molecule has 0 heterocycles. The number of amides is 2. The van der Waals surface area contributed by atoms with Crippen LogP contribution >= 0.6 is 0 Å². The van der Waals surface area contributed by atoms with Gasteiger partial charge in [0.05, 0.1) is 0 Å². The van der Waals surface area contributed by atoms with Crippen LogP contribution in [0.1, 0.15) is 34.1 Å². The number of rotatable bonds is 8. The van der Waals surface area contributed by atoms with Crippen molar-refractivity contribution in [3.05, 3.63) is 0 Å². The van der Waals surface area contributed by atoms with Crippen LogP contribution in [0.15, 0.2) is 0 Å². The first kappa shape index (κ1) is 16.7. The molecule has 6 heteroatoms. The molecule has 0 fully saturated rings. The van der Waals surface area contributed by atoms with E-state index in [-0.39, 0.29) is 6.04 Å². The molecule has 3 N–H and O–H groups in total. The van der Waals surface area contributed by atoms with E-state index in [1.54, 1.807) is 6.92 Å². The summed E-state index contributed by atoms with van der Waals surface area (Å²) in [5, 5.41) is 14.0. The molecular formula is C12H25N3O3. The van der Waals surface area contributed by atoms with E-state index in [0.29, 0.717) is 6.42 Å². The molecule has 0 bridgehead atoms. The molecule has 2 amide bonds. The van der Waals surface area contributed by atoms with Gasteiger partial charge in [0.1, 0.15) is 6.04 Å². The molecule has 0 saturated carbocycles. The molecule has 0 aromatic carbocycles. The van der Waals surface area contributed by atoms with Gasteiger partial charge in [-0.15, -0.1) is 0 Å². The molecule has 0 aromatic rings. The van der Waals surface area contributed by atoms with Crippen molar-refractivity contribution in [1.82, 2.24) is 15.5 Å². The fourth-order valence-corrected chi connectivity index (χ4v) is 1.68. The quantitative estimate of drug-likeness (QED) is 0.604. The lowest BCUT2D eigenvalue weighted by atomic mass is 10.2. The van der Waals surface area contributed by atoms with E-state index in [9.17, 15) is 9.59 Å². The molecule has 0 radical (unpaired) electrons. The lowest BCUT2D eigenvalue weighted by molar-refractivity contribution is -0.139. The van der Waals surface area contributed by atoms with E-state index >= 15 is 0 Å². The SMILES string of the molecule is CC[C@H](NC(=O)NC(C)CN(CC)CC)C(=O)O. The molecule has 0 aromatic heterocycles. The van der Waals surface area contributed by atoms with Gasteiger partial charge in [-0.3, -0.25) is 0 Å². The average molecular weight is 259 g/mol. The Bertz CT molecular complexity index is 267. The van der Waals surface area contributed by atoms with Gasteiger partial charge < -0.3 is 20.6 Å². The summed E-state index contributed by atoms with van der Waals surface area (Å²) < 4.78 is 0. The van der Waals surface area contributed by atoms with Crippen molar-refractivity contribution >= 4 is 12.0 Å². The fourth-order valence-electron chi connectivity index (χ4n) is 1.68. The predicted molar refractivity (Wildman–Crippen MR) is 70.6 cm³/mol. The van der Waals surface area contributed by atoms with Crippen LogP contribution in [0.4, 0.5) is 4.79 Å². The van der Waals surface area contributed by atoms with Gasteiger partial charge in [-0.25, -0.2) is 9.59 Å². The zero-order valence-corrected chi connectivity index (χ0v) is 11.7. The minimum absolute atomic E-state index is 0.0174. The molecule has 1 unspecified atom stereocenters. The number of nitrogens with zero attached hydrogens (tertiary/aromatic N) is 1. The zero-order valence-electron chi connectivity index (χ0n) is 11.7. The van der Waals surface area contributed by atoms with Crippen molar-refractivity contribution < 1.29 is 14.7 Å². The third kappa shape index (κ3) is 6.44. The van der Waals surface area contributed by atoms with Gasteiger partial charge in [0.2, 0.25) is 0 Å². The highest BCUT2D eigenvalue weighted by atomic mass is 16.4. The van der Waals surface area contributed by atoms with Crippen LogP contribution < -0.4 is 10.6 Å². The molecule has 0 rings (SSSR count). The number of carbonyl (C=O) groups is 2. The number of hydrogen-bond acceptors (Lipinski definition) is 3. The Morgan fingerprint density at radius 2 is 1.72 bits per heavy atom.